The molecular weight excluding hydrogens is 252 g/mol. The zero-order valence-corrected chi connectivity index (χ0v) is 11.5. The molecule has 0 fully saturated rings. The van der Waals surface area contributed by atoms with Crippen LogP contribution in [0.5, 0.6) is 0 Å². The van der Waals surface area contributed by atoms with Crippen LogP contribution in [0.2, 0.25) is 5.02 Å². The molecule has 4 nitrogen and oxygen atoms in total. The van der Waals surface area contributed by atoms with E-state index < -0.39 is 0 Å². The van der Waals surface area contributed by atoms with Crippen LogP contribution in [0.15, 0.2) is 12.3 Å². The van der Waals surface area contributed by atoms with E-state index in [0.29, 0.717) is 17.3 Å². The summed E-state index contributed by atoms with van der Waals surface area (Å²) in [5, 5.41) is 12.1. The summed E-state index contributed by atoms with van der Waals surface area (Å²) in [5.41, 5.74) is 0.609. The van der Waals surface area contributed by atoms with E-state index in [1.807, 2.05) is 11.5 Å². The molecule has 1 heterocycles. The summed E-state index contributed by atoms with van der Waals surface area (Å²) in [6, 6.07) is 1.69. The lowest BCUT2D eigenvalue weighted by Crippen LogP contribution is -2.26. The molecule has 0 saturated carbocycles. The lowest BCUT2D eigenvalue weighted by Gasteiger charge is -2.07. The number of hydrogen-bond acceptors (Lipinski definition) is 2. The van der Waals surface area contributed by atoms with Crippen LogP contribution in [0.4, 0.5) is 0 Å². The minimum absolute atomic E-state index is 0.0779. The maximum absolute atomic E-state index is 11.9. The highest BCUT2D eigenvalue weighted by Crippen LogP contribution is 2.14. The van der Waals surface area contributed by atoms with Crippen LogP contribution in [0.25, 0.3) is 0 Å². The van der Waals surface area contributed by atoms with E-state index in [1.54, 1.807) is 12.3 Å². The van der Waals surface area contributed by atoms with Crippen LogP contribution < -0.4 is 5.32 Å². The van der Waals surface area contributed by atoms with Gasteiger partial charge in [0.25, 0.3) is 5.91 Å². The number of nitrogens with one attached hydrogen (secondary N) is 1. The quantitative estimate of drug-likeness (QED) is 0.714. The van der Waals surface area contributed by atoms with Gasteiger partial charge in [-0.15, -0.1) is 0 Å². The highest BCUT2D eigenvalue weighted by molar-refractivity contribution is 6.31. The maximum Gasteiger partial charge on any atom is 0.267 e. The largest absolute Gasteiger partial charge is 0.396 e. The van der Waals surface area contributed by atoms with Gasteiger partial charge in [-0.3, -0.25) is 4.79 Å². The minimum Gasteiger partial charge on any atom is -0.396 e. The van der Waals surface area contributed by atoms with Gasteiger partial charge in [-0.05, 0) is 25.8 Å². The zero-order valence-electron chi connectivity index (χ0n) is 10.8. The van der Waals surface area contributed by atoms with Crippen molar-refractivity contribution in [3.63, 3.8) is 0 Å². The van der Waals surface area contributed by atoms with E-state index in [0.717, 1.165) is 32.2 Å². The molecule has 5 heteroatoms. The van der Waals surface area contributed by atoms with E-state index >= 15 is 0 Å². The molecule has 1 aromatic rings. The summed E-state index contributed by atoms with van der Waals surface area (Å²) in [6.45, 7) is 3.61. The van der Waals surface area contributed by atoms with Crippen LogP contribution in [0.3, 0.4) is 0 Å². The molecule has 0 unspecified atom stereocenters. The summed E-state index contributed by atoms with van der Waals surface area (Å²) in [7, 11) is 0. The normalized spacial score (nSPS) is 10.6. The highest BCUT2D eigenvalue weighted by atomic mass is 35.5. The molecule has 0 spiro atoms. The number of carbonyl (C=O) groups excluding carboxylic acids is 1. The lowest BCUT2D eigenvalue weighted by molar-refractivity contribution is 0.0943. The highest BCUT2D eigenvalue weighted by Gasteiger charge is 2.11. The van der Waals surface area contributed by atoms with Crippen molar-refractivity contribution in [2.75, 3.05) is 13.2 Å². The first-order valence-electron chi connectivity index (χ1n) is 6.43. The van der Waals surface area contributed by atoms with E-state index in [2.05, 4.69) is 5.32 Å². The van der Waals surface area contributed by atoms with Crippen molar-refractivity contribution >= 4 is 17.5 Å². The summed E-state index contributed by atoms with van der Waals surface area (Å²) in [4.78, 5) is 11.9. The number of aromatic nitrogens is 1. The summed E-state index contributed by atoms with van der Waals surface area (Å²) in [6.07, 6.45) is 5.56. The van der Waals surface area contributed by atoms with Crippen molar-refractivity contribution in [3.05, 3.63) is 23.0 Å². The summed E-state index contributed by atoms with van der Waals surface area (Å²) >= 11 is 5.88. The van der Waals surface area contributed by atoms with Crippen molar-refractivity contribution in [2.24, 2.45) is 0 Å². The Bertz CT molecular complexity index is 377. The zero-order chi connectivity index (χ0) is 13.4. The van der Waals surface area contributed by atoms with Gasteiger partial charge in [-0.25, -0.2) is 0 Å². The van der Waals surface area contributed by atoms with E-state index in [1.165, 1.54) is 0 Å². The van der Waals surface area contributed by atoms with Gasteiger partial charge in [-0.1, -0.05) is 24.4 Å². The van der Waals surface area contributed by atoms with Gasteiger partial charge in [0.15, 0.2) is 0 Å². The number of unbranched alkanes of at least 4 members (excludes halogenated alkanes) is 3. The molecule has 1 aromatic heterocycles. The van der Waals surface area contributed by atoms with Gasteiger partial charge in [0, 0.05) is 25.9 Å². The molecule has 0 bridgehead atoms. The number of hydrogen-bond donors (Lipinski definition) is 2. The molecule has 0 saturated heterocycles. The molecule has 1 rings (SSSR count). The SMILES string of the molecule is CCn1cc(Cl)cc1C(=O)NCCCCCCO. The Balaban J connectivity index is 2.32. The number of aryl methyl sites for hydroxylation is 1. The number of rotatable bonds is 8. The third kappa shape index (κ3) is 4.70. The number of aliphatic hydroxyl groups is 1. The topological polar surface area (TPSA) is 54.3 Å². The standard InChI is InChI=1S/C13H21ClN2O2/c1-2-16-10-11(14)9-12(16)13(18)15-7-5-3-4-6-8-17/h9-10,17H,2-8H2,1H3,(H,15,18). The number of halogens is 1. The monoisotopic (exact) mass is 272 g/mol. The summed E-state index contributed by atoms with van der Waals surface area (Å²) < 4.78 is 1.84. The molecule has 0 aromatic carbocycles. The molecule has 0 aliphatic heterocycles. The third-order valence-electron chi connectivity index (χ3n) is 2.81. The first kappa shape index (κ1) is 15.1. The second-order valence-corrected chi connectivity index (χ2v) is 4.66. The lowest BCUT2D eigenvalue weighted by atomic mass is 10.2. The number of amides is 1. The third-order valence-corrected chi connectivity index (χ3v) is 3.01. The van der Waals surface area contributed by atoms with Crippen molar-refractivity contribution in [1.82, 2.24) is 9.88 Å². The van der Waals surface area contributed by atoms with Gasteiger partial charge < -0.3 is 15.0 Å². The Morgan fingerprint density at radius 2 is 2.11 bits per heavy atom. The predicted molar refractivity (Wildman–Crippen MR) is 73.0 cm³/mol. The Hall–Kier alpha value is -1.00. The number of carbonyl (C=O) groups is 1. The Morgan fingerprint density at radius 3 is 2.78 bits per heavy atom. The predicted octanol–water partition coefficient (Wildman–Crippen LogP) is 2.44. The second kappa shape index (κ2) is 8.16. The fourth-order valence-electron chi connectivity index (χ4n) is 1.81. The molecule has 18 heavy (non-hydrogen) atoms. The Labute approximate surface area is 113 Å². The van der Waals surface area contributed by atoms with Crippen LogP contribution in [-0.4, -0.2) is 28.7 Å². The fourth-order valence-corrected chi connectivity index (χ4v) is 2.03. The molecule has 2 N–H and O–H groups in total. The first-order valence-corrected chi connectivity index (χ1v) is 6.81. The second-order valence-electron chi connectivity index (χ2n) is 4.22. The Kier molecular flexibility index (Phi) is 6.83. The Morgan fingerprint density at radius 1 is 1.39 bits per heavy atom. The molecule has 0 radical (unpaired) electrons. The number of aliphatic hydroxyl groups excluding tert-OH is 1. The van der Waals surface area contributed by atoms with Crippen molar-refractivity contribution in [1.29, 1.82) is 0 Å². The van der Waals surface area contributed by atoms with E-state index in [-0.39, 0.29) is 12.5 Å². The molecule has 102 valence electrons. The average molecular weight is 273 g/mol. The van der Waals surface area contributed by atoms with Gasteiger partial charge in [0.05, 0.1) is 5.02 Å². The van der Waals surface area contributed by atoms with Crippen LogP contribution >= 0.6 is 11.6 Å². The van der Waals surface area contributed by atoms with Gasteiger partial charge in [0.1, 0.15) is 5.69 Å². The van der Waals surface area contributed by atoms with Crippen molar-refractivity contribution < 1.29 is 9.90 Å². The van der Waals surface area contributed by atoms with E-state index in [4.69, 9.17) is 16.7 Å². The van der Waals surface area contributed by atoms with Crippen molar-refractivity contribution in [2.45, 2.75) is 39.2 Å². The smallest absolute Gasteiger partial charge is 0.267 e. The first-order chi connectivity index (χ1) is 8.69. The molecule has 0 atom stereocenters. The average Bonchev–Trinajstić information content (AvgIpc) is 2.74. The van der Waals surface area contributed by atoms with Crippen LogP contribution in [-0.2, 0) is 6.54 Å². The molecule has 0 aliphatic carbocycles. The van der Waals surface area contributed by atoms with E-state index in [9.17, 15) is 4.79 Å². The number of nitrogens with zero attached hydrogens (tertiary/aromatic N) is 1. The van der Waals surface area contributed by atoms with Crippen LogP contribution in [0.1, 0.15) is 43.1 Å². The molecular formula is C13H21ClN2O2. The maximum atomic E-state index is 11.9. The fraction of sp³-hybridized carbons (Fsp3) is 0.615. The van der Waals surface area contributed by atoms with Gasteiger partial charge >= 0.3 is 0 Å². The minimum atomic E-state index is -0.0779. The summed E-state index contributed by atoms with van der Waals surface area (Å²) in [5.74, 6) is -0.0779. The van der Waals surface area contributed by atoms with Gasteiger partial charge in [0.2, 0.25) is 0 Å². The molecule has 1 amide bonds. The van der Waals surface area contributed by atoms with Crippen LogP contribution in [0, 0.1) is 0 Å². The van der Waals surface area contributed by atoms with Crippen molar-refractivity contribution in [3.8, 4) is 0 Å². The molecule has 0 aliphatic rings. The van der Waals surface area contributed by atoms with Gasteiger partial charge in [-0.2, -0.15) is 0 Å².